The lowest BCUT2D eigenvalue weighted by Crippen LogP contribution is -2.35. The monoisotopic (exact) mass is 169 g/mol. The highest BCUT2D eigenvalue weighted by molar-refractivity contribution is 5.76. The molecule has 3 nitrogen and oxygen atoms in total. The molecule has 1 rings (SSSR count). The molecule has 0 amide bonds. The Bertz CT molecular complexity index is 189. The van der Waals surface area contributed by atoms with Crippen LogP contribution in [-0.4, -0.2) is 25.2 Å². The minimum absolute atomic E-state index is 0.101. The van der Waals surface area contributed by atoms with Gasteiger partial charge in [-0.05, 0) is 19.8 Å². The number of ether oxygens (including phenoxy) is 1. The molecule has 0 bridgehead atoms. The van der Waals surface area contributed by atoms with Gasteiger partial charge in [0, 0.05) is 6.04 Å². The molecular weight excluding hydrogens is 154 g/mol. The van der Waals surface area contributed by atoms with Crippen LogP contribution in [0.15, 0.2) is 12.2 Å². The molecule has 0 aromatic rings. The first-order valence-electron chi connectivity index (χ1n) is 4.24. The summed E-state index contributed by atoms with van der Waals surface area (Å²) in [6.45, 7) is 1.98. The summed E-state index contributed by atoms with van der Waals surface area (Å²) in [6.07, 6.45) is 5.96. The maximum Gasteiger partial charge on any atom is 0.322 e. The van der Waals surface area contributed by atoms with E-state index in [4.69, 9.17) is 0 Å². The molecule has 1 N–H and O–H groups in total. The summed E-state index contributed by atoms with van der Waals surface area (Å²) in [5, 5.41) is 3.18. The summed E-state index contributed by atoms with van der Waals surface area (Å²) in [6, 6.07) is 0.246. The van der Waals surface area contributed by atoms with Crippen LogP contribution in [0, 0.1) is 0 Å². The third-order valence-corrected chi connectivity index (χ3v) is 2.09. The van der Waals surface area contributed by atoms with Crippen molar-refractivity contribution in [1.82, 2.24) is 5.32 Å². The molecule has 12 heavy (non-hydrogen) atoms. The van der Waals surface area contributed by atoms with E-state index in [-0.39, 0.29) is 12.0 Å². The van der Waals surface area contributed by atoms with Crippen molar-refractivity contribution in [3.8, 4) is 0 Å². The van der Waals surface area contributed by atoms with E-state index in [1.165, 1.54) is 7.11 Å². The fraction of sp³-hybridized carbons (Fsp3) is 0.667. The summed E-state index contributed by atoms with van der Waals surface area (Å²) in [4.78, 5) is 11.1. The van der Waals surface area contributed by atoms with E-state index in [1.54, 1.807) is 0 Å². The Hall–Kier alpha value is -0.830. The van der Waals surface area contributed by atoms with Gasteiger partial charge in [0.15, 0.2) is 0 Å². The third kappa shape index (κ3) is 2.08. The van der Waals surface area contributed by atoms with Crippen LogP contribution in [0.5, 0.6) is 0 Å². The highest BCUT2D eigenvalue weighted by atomic mass is 16.5. The number of rotatable bonds is 2. The van der Waals surface area contributed by atoms with Crippen molar-refractivity contribution in [2.24, 2.45) is 0 Å². The molecular formula is C9H15NO2. The lowest BCUT2D eigenvalue weighted by Gasteiger charge is -2.08. The maximum atomic E-state index is 11.1. The standard InChI is InChI=1S/C9H15NO2/c1-3-4-7-5-6-8(10-7)9(11)12-2/h3-4,7-8,10H,5-6H2,1-2H3/b4-3+. The van der Waals surface area contributed by atoms with Crippen molar-refractivity contribution < 1.29 is 9.53 Å². The van der Waals surface area contributed by atoms with Gasteiger partial charge < -0.3 is 4.74 Å². The second kappa shape index (κ2) is 4.26. The Morgan fingerprint density at radius 2 is 2.33 bits per heavy atom. The summed E-state index contributed by atoms with van der Waals surface area (Å²) in [7, 11) is 1.42. The molecule has 1 aliphatic rings. The van der Waals surface area contributed by atoms with Crippen LogP contribution in [0.4, 0.5) is 0 Å². The molecule has 3 heteroatoms. The molecule has 0 aromatic heterocycles. The van der Waals surface area contributed by atoms with Crippen molar-refractivity contribution in [3.05, 3.63) is 12.2 Å². The van der Waals surface area contributed by atoms with Crippen molar-refractivity contribution in [1.29, 1.82) is 0 Å². The first-order valence-corrected chi connectivity index (χ1v) is 4.24. The van der Waals surface area contributed by atoms with E-state index in [0.29, 0.717) is 6.04 Å². The van der Waals surface area contributed by atoms with Gasteiger partial charge >= 0.3 is 5.97 Å². The Labute approximate surface area is 72.8 Å². The van der Waals surface area contributed by atoms with Crippen LogP contribution in [0.3, 0.4) is 0 Å². The Kier molecular flexibility index (Phi) is 3.29. The van der Waals surface area contributed by atoms with E-state index in [1.807, 2.05) is 13.0 Å². The van der Waals surface area contributed by atoms with Crippen LogP contribution in [0.25, 0.3) is 0 Å². The minimum Gasteiger partial charge on any atom is -0.468 e. The first-order chi connectivity index (χ1) is 5.77. The second-order valence-electron chi connectivity index (χ2n) is 2.95. The number of carbonyl (C=O) groups is 1. The molecule has 1 saturated heterocycles. The number of hydrogen-bond acceptors (Lipinski definition) is 3. The van der Waals surface area contributed by atoms with E-state index >= 15 is 0 Å². The predicted octanol–water partition coefficient (Wildman–Crippen LogP) is 0.856. The van der Waals surface area contributed by atoms with E-state index in [0.717, 1.165) is 12.8 Å². The van der Waals surface area contributed by atoms with Crippen molar-refractivity contribution in [2.45, 2.75) is 31.8 Å². The summed E-state index contributed by atoms with van der Waals surface area (Å²) >= 11 is 0. The quantitative estimate of drug-likeness (QED) is 0.492. The molecule has 0 aliphatic carbocycles. The van der Waals surface area contributed by atoms with Crippen LogP contribution >= 0.6 is 0 Å². The fourth-order valence-electron chi connectivity index (χ4n) is 1.48. The first kappa shape index (κ1) is 9.26. The SMILES string of the molecule is C/C=C/C1CCC(C(=O)OC)N1. The normalized spacial score (nSPS) is 29.5. The number of carbonyl (C=O) groups excluding carboxylic acids is 1. The molecule has 0 spiro atoms. The molecule has 68 valence electrons. The van der Waals surface area contributed by atoms with Gasteiger partial charge in [-0.1, -0.05) is 12.2 Å². The Balaban J connectivity index is 2.40. The predicted molar refractivity (Wildman–Crippen MR) is 46.8 cm³/mol. The van der Waals surface area contributed by atoms with Crippen molar-refractivity contribution in [2.75, 3.05) is 7.11 Å². The fourth-order valence-corrected chi connectivity index (χ4v) is 1.48. The van der Waals surface area contributed by atoms with E-state index < -0.39 is 0 Å². The highest BCUT2D eigenvalue weighted by Gasteiger charge is 2.27. The third-order valence-electron chi connectivity index (χ3n) is 2.09. The molecule has 1 fully saturated rings. The molecule has 1 heterocycles. The number of nitrogens with one attached hydrogen (secondary N) is 1. The van der Waals surface area contributed by atoms with E-state index in [2.05, 4.69) is 16.1 Å². The van der Waals surface area contributed by atoms with Crippen molar-refractivity contribution in [3.63, 3.8) is 0 Å². The van der Waals surface area contributed by atoms with E-state index in [9.17, 15) is 4.79 Å². The van der Waals surface area contributed by atoms with Crippen molar-refractivity contribution >= 4 is 5.97 Å². The zero-order chi connectivity index (χ0) is 8.97. The average Bonchev–Trinajstić information content (AvgIpc) is 2.52. The van der Waals surface area contributed by atoms with Gasteiger partial charge in [0.25, 0.3) is 0 Å². The van der Waals surface area contributed by atoms with Crippen LogP contribution in [-0.2, 0) is 9.53 Å². The largest absolute Gasteiger partial charge is 0.468 e. The van der Waals surface area contributed by atoms with Gasteiger partial charge in [-0.3, -0.25) is 10.1 Å². The van der Waals surface area contributed by atoms with Gasteiger partial charge in [-0.15, -0.1) is 0 Å². The lowest BCUT2D eigenvalue weighted by molar-refractivity contribution is -0.142. The van der Waals surface area contributed by atoms with Crippen LogP contribution in [0.1, 0.15) is 19.8 Å². The topological polar surface area (TPSA) is 38.3 Å². The summed E-state index contributed by atoms with van der Waals surface area (Å²) in [5.41, 5.74) is 0. The molecule has 2 atom stereocenters. The summed E-state index contributed by atoms with van der Waals surface area (Å²) < 4.78 is 4.64. The zero-order valence-corrected chi connectivity index (χ0v) is 7.54. The smallest absolute Gasteiger partial charge is 0.322 e. The number of esters is 1. The van der Waals surface area contributed by atoms with Gasteiger partial charge in [0.2, 0.25) is 0 Å². The van der Waals surface area contributed by atoms with Gasteiger partial charge in [-0.2, -0.15) is 0 Å². The molecule has 2 unspecified atom stereocenters. The van der Waals surface area contributed by atoms with Crippen LogP contribution in [0.2, 0.25) is 0 Å². The Morgan fingerprint density at radius 1 is 1.58 bits per heavy atom. The average molecular weight is 169 g/mol. The molecule has 0 aromatic carbocycles. The maximum absolute atomic E-state index is 11.1. The molecule has 1 aliphatic heterocycles. The van der Waals surface area contributed by atoms with Crippen LogP contribution < -0.4 is 5.32 Å². The summed E-state index contributed by atoms with van der Waals surface area (Å²) in [5.74, 6) is -0.151. The van der Waals surface area contributed by atoms with Gasteiger partial charge in [0.05, 0.1) is 7.11 Å². The number of methoxy groups -OCH3 is 1. The molecule has 0 saturated carbocycles. The highest BCUT2D eigenvalue weighted by Crippen LogP contribution is 2.13. The number of allylic oxidation sites excluding steroid dienone is 1. The lowest BCUT2D eigenvalue weighted by atomic mass is 10.2. The zero-order valence-electron chi connectivity index (χ0n) is 7.54. The van der Waals surface area contributed by atoms with Gasteiger partial charge in [-0.25, -0.2) is 0 Å². The number of hydrogen-bond donors (Lipinski definition) is 1. The molecule has 0 radical (unpaired) electrons. The minimum atomic E-state index is -0.151. The second-order valence-corrected chi connectivity index (χ2v) is 2.95. The Morgan fingerprint density at radius 3 is 2.92 bits per heavy atom. The van der Waals surface area contributed by atoms with Gasteiger partial charge in [0.1, 0.15) is 6.04 Å².